The van der Waals surface area contributed by atoms with Crippen molar-refractivity contribution in [1.82, 2.24) is 10.2 Å². The van der Waals surface area contributed by atoms with E-state index in [0.717, 1.165) is 28.7 Å². The molecule has 0 unspecified atom stereocenters. The van der Waals surface area contributed by atoms with Crippen LogP contribution in [0.5, 0.6) is 0 Å². The highest BCUT2D eigenvalue weighted by Crippen LogP contribution is 2.32. The Labute approximate surface area is 167 Å². The third-order valence-electron chi connectivity index (χ3n) is 5.74. The van der Waals surface area contributed by atoms with Crippen molar-refractivity contribution < 1.29 is 9.59 Å². The van der Waals surface area contributed by atoms with E-state index in [0.29, 0.717) is 25.4 Å². The van der Waals surface area contributed by atoms with E-state index < -0.39 is 5.54 Å². The first kappa shape index (κ1) is 20.1. The molecule has 0 radical (unpaired) electrons. The lowest BCUT2D eigenvalue weighted by molar-refractivity contribution is -0.132. The number of aryl methyl sites for hydroxylation is 1. The van der Waals surface area contributed by atoms with Gasteiger partial charge in [0.15, 0.2) is 0 Å². The first-order valence-electron chi connectivity index (χ1n) is 10.1. The predicted molar refractivity (Wildman–Crippen MR) is 112 cm³/mol. The monoisotopic (exact) mass is 378 g/mol. The summed E-state index contributed by atoms with van der Waals surface area (Å²) in [6.07, 6.45) is 1.40. The SMILES string of the molecule is Cc1ccccc1CNC(=O)[C@@]1(C)Cc2ccccc2C(=O)N1CCC(C)C. The summed E-state index contributed by atoms with van der Waals surface area (Å²) in [5, 5.41) is 3.09. The third-order valence-corrected chi connectivity index (χ3v) is 5.74. The van der Waals surface area contributed by atoms with Gasteiger partial charge in [-0.2, -0.15) is 0 Å². The van der Waals surface area contributed by atoms with Crippen LogP contribution in [0, 0.1) is 12.8 Å². The van der Waals surface area contributed by atoms with Crippen molar-refractivity contribution in [3.63, 3.8) is 0 Å². The van der Waals surface area contributed by atoms with Gasteiger partial charge in [0.05, 0.1) is 0 Å². The van der Waals surface area contributed by atoms with Crippen molar-refractivity contribution in [2.24, 2.45) is 5.92 Å². The fourth-order valence-corrected chi connectivity index (χ4v) is 3.83. The lowest BCUT2D eigenvalue weighted by Crippen LogP contribution is -2.62. The van der Waals surface area contributed by atoms with E-state index in [9.17, 15) is 9.59 Å². The summed E-state index contributed by atoms with van der Waals surface area (Å²) in [4.78, 5) is 28.3. The van der Waals surface area contributed by atoms with Crippen LogP contribution >= 0.6 is 0 Å². The minimum absolute atomic E-state index is 0.0453. The van der Waals surface area contributed by atoms with E-state index in [-0.39, 0.29) is 11.8 Å². The zero-order valence-electron chi connectivity index (χ0n) is 17.3. The highest BCUT2D eigenvalue weighted by atomic mass is 16.2. The molecule has 28 heavy (non-hydrogen) atoms. The second kappa shape index (κ2) is 8.17. The Kier molecular flexibility index (Phi) is 5.87. The highest BCUT2D eigenvalue weighted by Gasteiger charge is 2.46. The standard InChI is InChI=1S/C24H30N2O2/c1-17(2)13-14-26-22(27)21-12-8-7-10-19(21)15-24(26,4)23(28)25-16-20-11-6-5-9-18(20)3/h5-12,17H,13-16H2,1-4H3,(H,25,28)/t24-/m1/s1. The van der Waals surface area contributed by atoms with Gasteiger partial charge in [0.2, 0.25) is 5.91 Å². The first-order chi connectivity index (χ1) is 13.3. The molecule has 0 spiro atoms. The molecule has 0 saturated heterocycles. The Morgan fingerprint density at radius 2 is 1.82 bits per heavy atom. The van der Waals surface area contributed by atoms with Crippen molar-refractivity contribution in [2.45, 2.75) is 52.6 Å². The summed E-state index contributed by atoms with van der Waals surface area (Å²) in [6.45, 7) is 9.26. The van der Waals surface area contributed by atoms with Crippen molar-refractivity contribution in [3.8, 4) is 0 Å². The maximum atomic E-state index is 13.3. The molecule has 2 aromatic rings. The Morgan fingerprint density at radius 1 is 1.14 bits per heavy atom. The number of nitrogens with one attached hydrogen (secondary N) is 1. The van der Waals surface area contributed by atoms with Gasteiger partial charge in [-0.25, -0.2) is 0 Å². The van der Waals surface area contributed by atoms with Gasteiger partial charge < -0.3 is 10.2 Å². The Hall–Kier alpha value is -2.62. The predicted octanol–water partition coefficient (Wildman–Crippen LogP) is 4.11. The zero-order valence-corrected chi connectivity index (χ0v) is 17.3. The van der Waals surface area contributed by atoms with E-state index in [1.165, 1.54) is 0 Å². The molecule has 3 rings (SSSR count). The van der Waals surface area contributed by atoms with Crippen LogP contribution in [0.25, 0.3) is 0 Å². The number of carbonyl (C=O) groups is 2. The molecule has 2 amide bonds. The van der Waals surface area contributed by atoms with Gasteiger partial charge in [-0.3, -0.25) is 9.59 Å². The molecular formula is C24H30N2O2. The first-order valence-corrected chi connectivity index (χ1v) is 10.1. The second-order valence-corrected chi connectivity index (χ2v) is 8.36. The van der Waals surface area contributed by atoms with Gasteiger partial charge in [-0.05, 0) is 48.9 Å². The molecule has 1 aliphatic heterocycles. The zero-order chi connectivity index (χ0) is 20.3. The molecule has 1 N–H and O–H groups in total. The van der Waals surface area contributed by atoms with E-state index in [1.807, 2.05) is 62.4 Å². The van der Waals surface area contributed by atoms with Gasteiger partial charge in [-0.15, -0.1) is 0 Å². The molecule has 1 aliphatic rings. The summed E-state index contributed by atoms with van der Waals surface area (Å²) in [5.74, 6) is 0.322. The molecule has 148 valence electrons. The molecule has 4 heteroatoms. The van der Waals surface area contributed by atoms with Crippen molar-refractivity contribution in [3.05, 3.63) is 70.8 Å². The van der Waals surface area contributed by atoms with Crippen molar-refractivity contribution >= 4 is 11.8 Å². The average molecular weight is 379 g/mol. The van der Waals surface area contributed by atoms with Crippen molar-refractivity contribution in [2.75, 3.05) is 6.54 Å². The number of benzene rings is 2. The molecule has 0 fully saturated rings. The number of carbonyl (C=O) groups excluding carboxylic acids is 2. The third kappa shape index (κ3) is 3.96. The quantitative estimate of drug-likeness (QED) is 0.822. The minimum Gasteiger partial charge on any atom is -0.350 e. The summed E-state index contributed by atoms with van der Waals surface area (Å²) in [6, 6.07) is 15.7. The van der Waals surface area contributed by atoms with Crippen molar-refractivity contribution in [1.29, 1.82) is 0 Å². The van der Waals surface area contributed by atoms with Gasteiger partial charge >= 0.3 is 0 Å². The Morgan fingerprint density at radius 3 is 2.54 bits per heavy atom. The normalized spacial score (nSPS) is 18.9. The smallest absolute Gasteiger partial charge is 0.255 e. The maximum absolute atomic E-state index is 13.3. The molecule has 0 saturated carbocycles. The molecule has 0 aromatic heterocycles. The topological polar surface area (TPSA) is 49.4 Å². The Balaban J connectivity index is 1.86. The number of hydrogen-bond acceptors (Lipinski definition) is 2. The molecule has 1 atom stereocenters. The van der Waals surface area contributed by atoms with Crippen LogP contribution in [-0.4, -0.2) is 28.8 Å². The summed E-state index contributed by atoms with van der Waals surface area (Å²) in [7, 11) is 0. The van der Waals surface area contributed by atoms with Gasteiger partial charge in [-0.1, -0.05) is 56.3 Å². The summed E-state index contributed by atoms with van der Waals surface area (Å²) in [5.41, 5.74) is 3.02. The fraction of sp³-hybridized carbons (Fsp3) is 0.417. The summed E-state index contributed by atoms with van der Waals surface area (Å²) >= 11 is 0. The van der Waals surface area contributed by atoms with E-state index in [4.69, 9.17) is 0 Å². The van der Waals surface area contributed by atoms with Gasteiger partial charge in [0.25, 0.3) is 5.91 Å². The maximum Gasteiger partial charge on any atom is 0.255 e. The van der Waals surface area contributed by atoms with E-state index in [1.54, 1.807) is 4.90 Å². The second-order valence-electron chi connectivity index (χ2n) is 8.36. The van der Waals surface area contributed by atoms with Crippen LogP contribution in [0.15, 0.2) is 48.5 Å². The number of amides is 2. The van der Waals surface area contributed by atoms with Gasteiger partial charge in [0.1, 0.15) is 5.54 Å². The fourth-order valence-electron chi connectivity index (χ4n) is 3.83. The lowest BCUT2D eigenvalue weighted by atomic mass is 9.82. The Bertz CT molecular complexity index is 874. The van der Waals surface area contributed by atoms with Crippen LogP contribution in [0.2, 0.25) is 0 Å². The molecule has 2 aromatic carbocycles. The molecule has 4 nitrogen and oxygen atoms in total. The van der Waals surface area contributed by atoms with E-state index >= 15 is 0 Å². The number of nitrogens with zero attached hydrogens (tertiary/aromatic N) is 1. The van der Waals surface area contributed by atoms with Crippen LogP contribution in [0.3, 0.4) is 0 Å². The number of rotatable bonds is 6. The minimum atomic E-state index is -0.886. The molecule has 0 bridgehead atoms. The van der Waals surface area contributed by atoms with Crippen LogP contribution in [-0.2, 0) is 17.8 Å². The highest BCUT2D eigenvalue weighted by molar-refractivity contribution is 6.02. The van der Waals surface area contributed by atoms with Gasteiger partial charge in [0, 0.05) is 25.1 Å². The van der Waals surface area contributed by atoms with Crippen LogP contribution in [0.4, 0.5) is 0 Å². The average Bonchev–Trinajstić information content (AvgIpc) is 2.66. The number of hydrogen-bond donors (Lipinski definition) is 1. The number of fused-ring (bicyclic) bond motifs is 1. The van der Waals surface area contributed by atoms with E-state index in [2.05, 4.69) is 19.2 Å². The summed E-state index contributed by atoms with van der Waals surface area (Å²) < 4.78 is 0. The lowest BCUT2D eigenvalue weighted by Gasteiger charge is -2.44. The van der Waals surface area contributed by atoms with Crippen LogP contribution < -0.4 is 5.32 Å². The largest absolute Gasteiger partial charge is 0.350 e. The molecule has 1 heterocycles. The van der Waals surface area contributed by atoms with Crippen LogP contribution in [0.1, 0.15) is 54.2 Å². The molecular weight excluding hydrogens is 348 g/mol. The molecule has 0 aliphatic carbocycles.